The Bertz CT molecular complexity index is 1120. The molecule has 8 heteroatoms. The molecule has 5 nitrogen and oxygen atoms in total. The molecular weight excluding hydrogens is 399 g/mol. The number of sulfonamides is 1. The van der Waals surface area contributed by atoms with Crippen molar-refractivity contribution in [2.75, 3.05) is 11.9 Å². The van der Waals surface area contributed by atoms with Gasteiger partial charge < -0.3 is 5.32 Å². The SMILES string of the molecule is O=C(Nc1ccc(F)cc1)c1cc(S(=O)(=O)N2CCc3ccccc3C2)cs1. The molecule has 0 fully saturated rings. The molecule has 0 spiro atoms. The molecule has 1 aliphatic heterocycles. The minimum Gasteiger partial charge on any atom is -0.321 e. The highest BCUT2D eigenvalue weighted by molar-refractivity contribution is 7.89. The summed E-state index contributed by atoms with van der Waals surface area (Å²) in [5, 5.41) is 4.12. The predicted octanol–water partition coefficient (Wildman–Crippen LogP) is 3.89. The molecule has 1 amide bonds. The summed E-state index contributed by atoms with van der Waals surface area (Å²) in [5.74, 6) is -0.826. The lowest BCUT2D eigenvalue weighted by Gasteiger charge is -2.27. The molecule has 0 radical (unpaired) electrons. The maximum Gasteiger partial charge on any atom is 0.265 e. The van der Waals surface area contributed by atoms with E-state index in [1.54, 1.807) is 0 Å². The summed E-state index contributed by atoms with van der Waals surface area (Å²) >= 11 is 1.06. The Morgan fingerprint density at radius 1 is 1.07 bits per heavy atom. The maximum absolute atomic E-state index is 13.0. The van der Waals surface area contributed by atoms with E-state index in [-0.39, 0.29) is 9.77 Å². The van der Waals surface area contributed by atoms with Gasteiger partial charge in [-0.05, 0) is 47.9 Å². The number of benzene rings is 2. The highest BCUT2D eigenvalue weighted by Gasteiger charge is 2.29. The van der Waals surface area contributed by atoms with E-state index in [4.69, 9.17) is 0 Å². The number of thiophene rings is 1. The molecule has 28 heavy (non-hydrogen) atoms. The van der Waals surface area contributed by atoms with Crippen molar-refractivity contribution >= 4 is 33.0 Å². The second-order valence-corrected chi connectivity index (χ2v) is 9.31. The van der Waals surface area contributed by atoms with Crippen molar-refractivity contribution < 1.29 is 17.6 Å². The van der Waals surface area contributed by atoms with Gasteiger partial charge in [-0.1, -0.05) is 24.3 Å². The first kappa shape index (κ1) is 18.8. The van der Waals surface area contributed by atoms with Crippen LogP contribution < -0.4 is 5.32 Å². The second kappa shape index (κ2) is 7.46. The van der Waals surface area contributed by atoms with E-state index in [2.05, 4.69) is 5.32 Å². The lowest BCUT2D eigenvalue weighted by atomic mass is 10.0. The van der Waals surface area contributed by atoms with Crippen LogP contribution in [0, 0.1) is 5.82 Å². The Kier molecular flexibility index (Phi) is 5.01. The molecule has 0 saturated carbocycles. The van der Waals surface area contributed by atoms with Gasteiger partial charge in [0.15, 0.2) is 0 Å². The van der Waals surface area contributed by atoms with Crippen molar-refractivity contribution in [2.45, 2.75) is 17.9 Å². The number of hydrogen-bond donors (Lipinski definition) is 1. The molecule has 2 heterocycles. The van der Waals surface area contributed by atoms with E-state index >= 15 is 0 Å². The zero-order valence-corrected chi connectivity index (χ0v) is 16.4. The Morgan fingerprint density at radius 2 is 1.79 bits per heavy atom. The van der Waals surface area contributed by atoms with Crippen LogP contribution >= 0.6 is 11.3 Å². The summed E-state index contributed by atoms with van der Waals surface area (Å²) in [4.78, 5) is 12.8. The van der Waals surface area contributed by atoms with E-state index < -0.39 is 21.7 Å². The average molecular weight is 416 g/mol. The summed E-state index contributed by atoms with van der Waals surface area (Å²) in [6.07, 6.45) is 0.664. The molecule has 0 bridgehead atoms. The molecule has 0 aliphatic carbocycles. The number of carbonyl (C=O) groups excluding carboxylic acids is 1. The Labute approximate surface area is 166 Å². The molecule has 0 unspecified atom stereocenters. The van der Waals surface area contributed by atoms with E-state index in [0.717, 1.165) is 16.9 Å². The lowest BCUT2D eigenvalue weighted by Crippen LogP contribution is -2.35. The van der Waals surface area contributed by atoms with Crippen molar-refractivity contribution in [3.05, 3.63) is 81.8 Å². The highest BCUT2D eigenvalue weighted by atomic mass is 32.2. The van der Waals surface area contributed by atoms with Gasteiger partial charge in [-0.25, -0.2) is 12.8 Å². The molecule has 1 aliphatic rings. The van der Waals surface area contributed by atoms with Crippen LogP contribution in [0.3, 0.4) is 0 Å². The molecule has 1 N–H and O–H groups in total. The molecule has 0 atom stereocenters. The minimum absolute atomic E-state index is 0.112. The number of nitrogens with one attached hydrogen (secondary N) is 1. The molecule has 2 aromatic carbocycles. The van der Waals surface area contributed by atoms with Crippen LogP contribution in [0.25, 0.3) is 0 Å². The monoisotopic (exact) mass is 416 g/mol. The van der Waals surface area contributed by atoms with Crippen molar-refractivity contribution in [2.24, 2.45) is 0 Å². The average Bonchev–Trinajstić information content (AvgIpc) is 3.21. The largest absolute Gasteiger partial charge is 0.321 e. The maximum atomic E-state index is 13.0. The van der Waals surface area contributed by atoms with Crippen LogP contribution in [0.1, 0.15) is 20.8 Å². The Hall–Kier alpha value is -2.55. The smallest absolute Gasteiger partial charge is 0.265 e. The molecule has 4 rings (SSSR count). The first-order valence-corrected chi connectivity index (χ1v) is 11.0. The molecule has 3 aromatic rings. The number of hydrogen-bond acceptors (Lipinski definition) is 4. The summed E-state index contributed by atoms with van der Waals surface area (Å²) in [5.41, 5.74) is 2.61. The first-order valence-electron chi connectivity index (χ1n) is 8.66. The second-order valence-electron chi connectivity index (χ2n) is 6.46. The number of fused-ring (bicyclic) bond motifs is 1. The quantitative estimate of drug-likeness (QED) is 0.702. The van der Waals surface area contributed by atoms with Crippen LogP contribution in [0.2, 0.25) is 0 Å². The van der Waals surface area contributed by atoms with Gasteiger partial charge in [0.1, 0.15) is 5.82 Å². The van der Waals surface area contributed by atoms with Gasteiger partial charge in [-0.3, -0.25) is 4.79 Å². The molecule has 144 valence electrons. The third kappa shape index (κ3) is 3.71. The molecule has 0 saturated heterocycles. The summed E-state index contributed by atoms with van der Waals surface area (Å²) in [6.45, 7) is 0.734. The van der Waals surface area contributed by atoms with E-state index in [9.17, 15) is 17.6 Å². The van der Waals surface area contributed by atoms with Gasteiger partial charge in [0, 0.05) is 24.2 Å². The zero-order chi connectivity index (χ0) is 19.7. The summed E-state index contributed by atoms with van der Waals surface area (Å²) in [6, 6.07) is 14.6. The molecular formula is C20H17FN2O3S2. The Balaban J connectivity index is 1.51. The van der Waals surface area contributed by atoms with Crippen molar-refractivity contribution in [3.63, 3.8) is 0 Å². The fraction of sp³-hybridized carbons (Fsp3) is 0.150. The number of anilines is 1. The number of amides is 1. The van der Waals surface area contributed by atoms with E-state index in [0.29, 0.717) is 25.2 Å². The van der Waals surface area contributed by atoms with Crippen LogP contribution in [-0.2, 0) is 23.0 Å². The summed E-state index contributed by atoms with van der Waals surface area (Å²) in [7, 11) is -3.68. The minimum atomic E-state index is -3.68. The Morgan fingerprint density at radius 3 is 2.54 bits per heavy atom. The van der Waals surface area contributed by atoms with Crippen LogP contribution in [-0.4, -0.2) is 25.2 Å². The standard InChI is InChI=1S/C20H17FN2O3S2/c21-16-5-7-17(8-6-16)22-20(24)19-11-18(13-27-19)28(25,26)23-10-9-14-3-1-2-4-15(14)12-23/h1-8,11,13H,9-10,12H2,(H,22,24). The fourth-order valence-corrected chi connectivity index (χ4v) is 5.70. The van der Waals surface area contributed by atoms with Crippen LogP contribution in [0.5, 0.6) is 0 Å². The topological polar surface area (TPSA) is 66.5 Å². The van der Waals surface area contributed by atoms with Gasteiger partial charge in [0.2, 0.25) is 10.0 Å². The van der Waals surface area contributed by atoms with Crippen LogP contribution in [0.15, 0.2) is 64.9 Å². The third-order valence-corrected chi connectivity index (χ3v) is 7.54. The van der Waals surface area contributed by atoms with Crippen molar-refractivity contribution in [3.8, 4) is 0 Å². The van der Waals surface area contributed by atoms with Crippen LogP contribution in [0.4, 0.5) is 10.1 Å². The lowest BCUT2D eigenvalue weighted by molar-refractivity contribution is 0.103. The van der Waals surface area contributed by atoms with Gasteiger partial charge in [-0.2, -0.15) is 4.31 Å². The number of rotatable bonds is 4. The van der Waals surface area contributed by atoms with Crippen molar-refractivity contribution in [1.29, 1.82) is 0 Å². The van der Waals surface area contributed by atoms with Crippen molar-refractivity contribution in [1.82, 2.24) is 4.31 Å². The predicted molar refractivity (Wildman–Crippen MR) is 106 cm³/mol. The highest BCUT2D eigenvalue weighted by Crippen LogP contribution is 2.28. The van der Waals surface area contributed by atoms with Gasteiger partial charge >= 0.3 is 0 Å². The number of carbonyl (C=O) groups is 1. The normalized spacial score (nSPS) is 14.5. The number of nitrogens with zero attached hydrogens (tertiary/aromatic N) is 1. The third-order valence-electron chi connectivity index (χ3n) is 4.63. The van der Waals surface area contributed by atoms with Gasteiger partial charge in [-0.15, -0.1) is 11.3 Å². The summed E-state index contributed by atoms with van der Waals surface area (Å²) < 4.78 is 40.4. The van der Waals surface area contributed by atoms with Gasteiger partial charge in [0.25, 0.3) is 5.91 Å². The first-order chi connectivity index (χ1) is 13.4. The molecule has 1 aromatic heterocycles. The number of halogens is 1. The van der Waals surface area contributed by atoms with E-state index in [1.165, 1.54) is 45.6 Å². The van der Waals surface area contributed by atoms with E-state index in [1.807, 2.05) is 24.3 Å². The van der Waals surface area contributed by atoms with Gasteiger partial charge in [0.05, 0.1) is 9.77 Å². The zero-order valence-electron chi connectivity index (χ0n) is 14.8. The fourth-order valence-electron chi connectivity index (χ4n) is 3.12.